The van der Waals surface area contributed by atoms with Gasteiger partial charge in [-0.05, 0) is 36.2 Å². The van der Waals surface area contributed by atoms with Gasteiger partial charge in [0, 0.05) is 5.69 Å². The lowest BCUT2D eigenvalue weighted by molar-refractivity contribution is -0.136. The Labute approximate surface area is 126 Å². The minimum absolute atomic E-state index is 0.362. The summed E-state index contributed by atoms with van der Waals surface area (Å²) >= 11 is 0. The molecule has 0 bridgehead atoms. The van der Waals surface area contributed by atoms with Gasteiger partial charge in [0.05, 0.1) is 6.21 Å². The van der Waals surface area contributed by atoms with Crippen molar-refractivity contribution in [1.82, 2.24) is 5.43 Å². The summed E-state index contributed by atoms with van der Waals surface area (Å²) < 4.78 is 12.7. The molecular formula is C16H14FN3O2. The van der Waals surface area contributed by atoms with Crippen LogP contribution in [0.4, 0.5) is 10.1 Å². The van der Waals surface area contributed by atoms with Crippen molar-refractivity contribution in [2.75, 3.05) is 5.32 Å². The van der Waals surface area contributed by atoms with E-state index in [0.717, 1.165) is 5.56 Å². The number of hydrogen-bond donors (Lipinski definition) is 2. The Bertz CT molecular complexity index is 712. The van der Waals surface area contributed by atoms with Crippen molar-refractivity contribution >= 4 is 23.7 Å². The zero-order valence-electron chi connectivity index (χ0n) is 11.8. The van der Waals surface area contributed by atoms with E-state index in [0.29, 0.717) is 11.3 Å². The molecule has 0 aliphatic heterocycles. The molecule has 0 radical (unpaired) electrons. The summed E-state index contributed by atoms with van der Waals surface area (Å²) in [6.07, 6.45) is 1.32. The van der Waals surface area contributed by atoms with Crippen LogP contribution in [0.1, 0.15) is 11.1 Å². The van der Waals surface area contributed by atoms with E-state index in [1.165, 1.54) is 30.5 Å². The topological polar surface area (TPSA) is 70.6 Å². The molecule has 2 aromatic carbocycles. The number of anilines is 1. The molecule has 0 aliphatic carbocycles. The highest BCUT2D eigenvalue weighted by atomic mass is 19.1. The van der Waals surface area contributed by atoms with Crippen molar-refractivity contribution in [1.29, 1.82) is 0 Å². The maximum Gasteiger partial charge on any atom is 0.329 e. The monoisotopic (exact) mass is 299 g/mol. The summed E-state index contributed by atoms with van der Waals surface area (Å²) in [7, 11) is 0. The molecule has 0 fully saturated rings. The van der Waals surface area contributed by atoms with Gasteiger partial charge in [-0.3, -0.25) is 9.59 Å². The zero-order valence-corrected chi connectivity index (χ0v) is 11.8. The molecule has 0 unspecified atom stereocenters. The van der Waals surface area contributed by atoms with E-state index in [1.54, 1.807) is 12.1 Å². The molecule has 0 heterocycles. The van der Waals surface area contributed by atoms with Crippen LogP contribution in [0.3, 0.4) is 0 Å². The van der Waals surface area contributed by atoms with Crippen molar-refractivity contribution in [3.05, 3.63) is 65.5 Å². The van der Waals surface area contributed by atoms with Gasteiger partial charge < -0.3 is 5.32 Å². The average molecular weight is 299 g/mol. The number of para-hydroxylation sites is 1. The lowest BCUT2D eigenvalue weighted by Crippen LogP contribution is -2.32. The number of hydrazone groups is 1. The van der Waals surface area contributed by atoms with Crippen LogP contribution in [0.15, 0.2) is 53.6 Å². The van der Waals surface area contributed by atoms with Crippen LogP contribution in [0.2, 0.25) is 0 Å². The highest BCUT2D eigenvalue weighted by Gasteiger charge is 2.13. The molecule has 0 atom stereocenters. The first-order valence-electron chi connectivity index (χ1n) is 6.52. The number of halogens is 1. The predicted octanol–water partition coefficient (Wildman–Crippen LogP) is 2.22. The third kappa shape index (κ3) is 4.24. The van der Waals surface area contributed by atoms with E-state index in [-0.39, 0.29) is 5.82 Å². The second-order valence-corrected chi connectivity index (χ2v) is 4.52. The van der Waals surface area contributed by atoms with Crippen molar-refractivity contribution in [3.8, 4) is 0 Å². The lowest BCUT2D eigenvalue weighted by Gasteiger charge is -2.06. The second kappa shape index (κ2) is 7.12. The van der Waals surface area contributed by atoms with Crippen molar-refractivity contribution in [2.24, 2.45) is 5.10 Å². The van der Waals surface area contributed by atoms with Crippen LogP contribution >= 0.6 is 0 Å². The minimum atomic E-state index is -0.887. The van der Waals surface area contributed by atoms with Crippen molar-refractivity contribution in [3.63, 3.8) is 0 Å². The second-order valence-electron chi connectivity index (χ2n) is 4.52. The van der Waals surface area contributed by atoms with Gasteiger partial charge in [0.15, 0.2) is 0 Å². The van der Waals surface area contributed by atoms with E-state index in [4.69, 9.17) is 0 Å². The minimum Gasteiger partial charge on any atom is -0.317 e. The van der Waals surface area contributed by atoms with Crippen molar-refractivity contribution < 1.29 is 14.0 Å². The Morgan fingerprint density at radius 3 is 2.41 bits per heavy atom. The van der Waals surface area contributed by atoms with Crippen LogP contribution < -0.4 is 10.7 Å². The quantitative estimate of drug-likeness (QED) is 0.518. The van der Waals surface area contributed by atoms with E-state index in [1.807, 2.05) is 19.1 Å². The molecule has 0 aromatic heterocycles. The molecule has 5 nitrogen and oxygen atoms in total. The molecule has 0 spiro atoms. The fraction of sp³-hybridized carbons (Fsp3) is 0.0625. The highest BCUT2D eigenvalue weighted by Crippen LogP contribution is 2.12. The molecule has 2 aromatic rings. The van der Waals surface area contributed by atoms with Crippen LogP contribution in [0, 0.1) is 12.7 Å². The first kappa shape index (κ1) is 15.4. The first-order valence-corrected chi connectivity index (χ1v) is 6.52. The molecular weight excluding hydrogens is 285 g/mol. The molecule has 2 rings (SSSR count). The summed E-state index contributed by atoms with van der Waals surface area (Å²) in [5.41, 5.74) is 4.11. The van der Waals surface area contributed by atoms with Gasteiger partial charge in [-0.15, -0.1) is 0 Å². The van der Waals surface area contributed by atoms with Gasteiger partial charge >= 0.3 is 11.8 Å². The van der Waals surface area contributed by atoms with Crippen LogP contribution in [-0.4, -0.2) is 18.0 Å². The Balaban J connectivity index is 1.90. The Kier molecular flexibility index (Phi) is 4.98. The molecule has 2 amide bonds. The Morgan fingerprint density at radius 1 is 1.05 bits per heavy atom. The SMILES string of the molecule is Cc1ccccc1NC(=O)C(=O)NN=Cc1ccc(F)cc1. The number of benzene rings is 2. The molecule has 112 valence electrons. The standard InChI is InChI=1S/C16H14FN3O2/c1-11-4-2-3-5-14(11)19-15(21)16(22)20-18-10-12-6-8-13(17)9-7-12/h2-10H,1H3,(H,19,21)(H,20,22). The Morgan fingerprint density at radius 2 is 1.73 bits per heavy atom. The molecule has 0 saturated carbocycles. The predicted molar refractivity (Wildman–Crippen MR) is 81.9 cm³/mol. The number of hydrogen-bond acceptors (Lipinski definition) is 3. The molecule has 22 heavy (non-hydrogen) atoms. The molecule has 6 heteroatoms. The van der Waals surface area contributed by atoms with Crippen molar-refractivity contribution in [2.45, 2.75) is 6.92 Å². The van der Waals surface area contributed by atoms with Gasteiger partial charge in [-0.1, -0.05) is 30.3 Å². The summed E-state index contributed by atoms with van der Waals surface area (Å²) in [5.74, 6) is -2.06. The third-order valence-corrected chi connectivity index (χ3v) is 2.85. The van der Waals surface area contributed by atoms with Crippen LogP contribution in [-0.2, 0) is 9.59 Å². The highest BCUT2D eigenvalue weighted by molar-refractivity contribution is 6.39. The zero-order chi connectivity index (χ0) is 15.9. The largest absolute Gasteiger partial charge is 0.329 e. The smallest absolute Gasteiger partial charge is 0.317 e. The summed E-state index contributed by atoms with van der Waals surface area (Å²) in [6.45, 7) is 1.82. The lowest BCUT2D eigenvalue weighted by atomic mass is 10.2. The maximum absolute atomic E-state index is 12.7. The average Bonchev–Trinajstić information content (AvgIpc) is 2.51. The number of carbonyl (C=O) groups excluding carboxylic acids is 2. The third-order valence-electron chi connectivity index (χ3n) is 2.85. The summed E-state index contributed by atoms with van der Waals surface area (Å²) in [5, 5.41) is 6.14. The maximum atomic E-state index is 12.7. The molecule has 0 saturated heterocycles. The number of aryl methyl sites for hydroxylation is 1. The molecule has 2 N–H and O–H groups in total. The normalized spacial score (nSPS) is 10.5. The number of nitrogens with one attached hydrogen (secondary N) is 2. The number of nitrogens with zero attached hydrogens (tertiary/aromatic N) is 1. The molecule has 0 aliphatic rings. The van der Waals surface area contributed by atoms with Gasteiger partial charge in [-0.2, -0.15) is 5.10 Å². The van der Waals surface area contributed by atoms with Crippen LogP contribution in [0.25, 0.3) is 0 Å². The summed E-state index contributed by atoms with van der Waals surface area (Å²) in [4.78, 5) is 23.3. The van der Waals surface area contributed by atoms with Gasteiger partial charge in [0.2, 0.25) is 0 Å². The Hall–Kier alpha value is -3.02. The van der Waals surface area contributed by atoms with E-state index in [9.17, 15) is 14.0 Å². The van der Waals surface area contributed by atoms with Gasteiger partial charge in [0.1, 0.15) is 5.82 Å². The fourth-order valence-electron chi connectivity index (χ4n) is 1.66. The summed E-state index contributed by atoms with van der Waals surface area (Å²) in [6, 6.07) is 12.6. The van der Waals surface area contributed by atoms with Gasteiger partial charge in [0.25, 0.3) is 0 Å². The number of carbonyl (C=O) groups is 2. The fourth-order valence-corrected chi connectivity index (χ4v) is 1.66. The number of rotatable bonds is 3. The van der Waals surface area contributed by atoms with E-state index in [2.05, 4.69) is 15.8 Å². The number of amides is 2. The first-order chi connectivity index (χ1) is 10.6. The van der Waals surface area contributed by atoms with Crippen LogP contribution in [0.5, 0.6) is 0 Å². The van der Waals surface area contributed by atoms with E-state index < -0.39 is 11.8 Å². The van der Waals surface area contributed by atoms with E-state index >= 15 is 0 Å². The van der Waals surface area contributed by atoms with Gasteiger partial charge in [-0.25, -0.2) is 9.82 Å².